The van der Waals surface area contributed by atoms with E-state index < -0.39 is 0 Å². The Balaban J connectivity index is 1.57. The number of rotatable bonds is 3. The Hall–Kier alpha value is -2.74. The molecule has 0 saturated carbocycles. The van der Waals surface area contributed by atoms with Crippen molar-refractivity contribution in [1.82, 2.24) is 24.6 Å². The maximum Gasteiger partial charge on any atom is 0.213 e. The molecule has 27 heavy (non-hydrogen) atoms. The van der Waals surface area contributed by atoms with Gasteiger partial charge in [0.1, 0.15) is 17.7 Å². The number of methoxy groups -OCH3 is 1. The third kappa shape index (κ3) is 2.71. The van der Waals surface area contributed by atoms with Crippen LogP contribution in [0.4, 0.5) is 5.82 Å². The minimum absolute atomic E-state index is 0.307. The summed E-state index contributed by atoms with van der Waals surface area (Å²) in [5, 5.41) is 4.44. The van der Waals surface area contributed by atoms with Gasteiger partial charge in [0, 0.05) is 37.9 Å². The number of hydrogen-bond acceptors (Lipinski definition) is 7. The molecule has 0 aromatic carbocycles. The molecule has 0 bridgehead atoms. The quantitative estimate of drug-likeness (QED) is 0.700. The van der Waals surface area contributed by atoms with Crippen LogP contribution in [0.1, 0.15) is 35.0 Å². The zero-order valence-electron chi connectivity index (χ0n) is 15.6. The molecule has 1 fully saturated rings. The third-order valence-electron chi connectivity index (χ3n) is 5.50. The van der Waals surface area contributed by atoms with Crippen molar-refractivity contribution in [2.75, 3.05) is 31.8 Å². The summed E-state index contributed by atoms with van der Waals surface area (Å²) in [4.78, 5) is 16.1. The molecule has 1 unspecified atom stereocenters. The van der Waals surface area contributed by atoms with Gasteiger partial charge in [0.15, 0.2) is 5.82 Å². The van der Waals surface area contributed by atoms with Crippen LogP contribution in [-0.4, -0.2) is 51.4 Å². The van der Waals surface area contributed by atoms with E-state index in [0.717, 1.165) is 55.4 Å². The zero-order chi connectivity index (χ0) is 18.4. The Labute approximate surface area is 157 Å². The smallest absolute Gasteiger partial charge is 0.213 e. The van der Waals surface area contributed by atoms with Crippen molar-refractivity contribution in [1.29, 1.82) is 0 Å². The second-order valence-corrected chi connectivity index (χ2v) is 7.12. The molecule has 8 nitrogen and oxygen atoms in total. The van der Waals surface area contributed by atoms with Gasteiger partial charge in [0.05, 0.1) is 19.4 Å². The second-order valence-electron chi connectivity index (χ2n) is 7.12. The normalized spacial score (nSPS) is 19.5. The molecule has 5 rings (SSSR count). The number of ether oxygens (including phenoxy) is 2. The van der Waals surface area contributed by atoms with Crippen LogP contribution in [0.15, 0.2) is 18.6 Å². The van der Waals surface area contributed by atoms with Gasteiger partial charge >= 0.3 is 0 Å². The molecular weight excluding hydrogens is 344 g/mol. The standard InChI is InChI=1S/C19H22N6O2/c1-12-23-17(14-4-6-27-10-14)18-19(21-11-22-25(12)18)24-5-3-13-7-16(26-2)20-8-15(13)9-24/h7-8,11,14H,3-6,9-10H2,1-2H3. The lowest BCUT2D eigenvalue weighted by Gasteiger charge is -2.30. The maximum absolute atomic E-state index is 5.60. The van der Waals surface area contributed by atoms with Crippen LogP contribution in [0.5, 0.6) is 5.88 Å². The van der Waals surface area contributed by atoms with Crippen LogP contribution in [0.2, 0.25) is 0 Å². The summed E-state index contributed by atoms with van der Waals surface area (Å²) < 4.78 is 12.8. The van der Waals surface area contributed by atoms with Gasteiger partial charge in [0.25, 0.3) is 0 Å². The number of pyridine rings is 1. The highest BCUT2D eigenvalue weighted by Gasteiger charge is 2.28. The highest BCUT2D eigenvalue weighted by atomic mass is 16.5. The summed E-state index contributed by atoms with van der Waals surface area (Å²) in [6.45, 7) is 5.15. The lowest BCUT2D eigenvalue weighted by Crippen LogP contribution is -2.32. The molecule has 8 heteroatoms. The fourth-order valence-corrected chi connectivity index (χ4v) is 4.07. The average Bonchev–Trinajstić information content (AvgIpc) is 3.35. The zero-order valence-corrected chi connectivity index (χ0v) is 15.6. The van der Waals surface area contributed by atoms with Crippen molar-refractivity contribution >= 4 is 11.3 Å². The van der Waals surface area contributed by atoms with Crippen molar-refractivity contribution in [3.8, 4) is 5.88 Å². The molecule has 140 valence electrons. The Bertz CT molecular complexity index is 995. The Morgan fingerprint density at radius 3 is 3.00 bits per heavy atom. The van der Waals surface area contributed by atoms with Crippen LogP contribution in [0, 0.1) is 6.92 Å². The molecule has 3 aromatic heterocycles. The lowest BCUT2D eigenvalue weighted by atomic mass is 10.0. The Morgan fingerprint density at radius 2 is 2.19 bits per heavy atom. The minimum Gasteiger partial charge on any atom is -0.481 e. The predicted molar refractivity (Wildman–Crippen MR) is 99.2 cm³/mol. The van der Waals surface area contributed by atoms with Gasteiger partial charge in [0.2, 0.25) is 5.88 Å². The summed E-state index contributed by atoms with van der Waals surface area (Å²) in [5.74, 6) is 2.80. The molecule has 2 aliphatic heterocycles. The number of aromatic nitrogens is 5. The van der Waals surface area contributed by atoms with Crippen LogP contribution >= 0.6 is 0 Å². The fraction of sp³-hybridized carbons (Fsp3) is 0.474. The van der Waals surface area contributed by atoms with Crippen LogP contribution in [-0.2, 0) is 17.7 Å². The Kier molecular flexibility index (Phi) is 3.93. The first-order valence-electron chi connectivity index (χ1n) is 9.29. The molecule has 2 aliphatic rings. The van der Waals surface area contributed by atoms with E-state index in [1.54, 1.807) is 13.4 Å². The predicted octanol–water partition coefficient (Wildman–Crippen LogP) is 1.90. The molecule has 0 amide bonds. The molecular formula is C19H22N6O2. The highest BCUT2D eigenvalue weighted by molar-refractivity contribution is 5.73. The van der Waals surface area contributed by atoms with Crippen LogP contribution in [0.25, 0.3) is 5.52 Å². The van der Waals surface area contributed by atoms with Gasteiger partial charge in [-0.05, 0) is 30.9 Å². The van der Waals surface area contributed by atoms with E-state index in [1.165, 1.54) is 11.1 Å². The first kappa shape index (κ1) is 16.4. The molecule has 0 radical (unpaired) electrons. The maximum atomic E-state index is 5.60. The summed E-state index contributed by atoms with van der Waals surface area (Å²) in [7, 11) is 1.65. The third-order valence-corrected chi connectivity index (χ3v) is 5.50. The first-order valence-corrected chi connectivity index (χ1v) is 9.29. The number of imidazole rings is 1. The molecule has 3 aromatic rings. The highest BCUT2D eigenvalue weighted by Crippen LogP contribution is 2.34. The van der Waals surface area contributed by atoms with E-state index in [-0.39, 0.29) is 0 Å². The fourth-order valence-electron chi connectivity index (χ4n) is 4.07. The molecule has 0 spiro atoms. The lowest BCUT2D eigenvalue weighted by molar-refractivity contribution is 0.193. The van der Waals surface area contributed by atoms with Crippen molar-refractivity contribution < 1.29 is 9.47 Å². The van der Waals surface area contributed by atoms with E-state index >= 15 is 0 Å². The molecule has 5 heterocycles. The first-order chi connectivity index (χ1) is 13.2. The van der Waals surface area contributed by atoms with E-state index in [0.29, 0.717) is 18.4 Å². The van der Waals surface area contributed by atoms with Gasteiger partial charge in [-0.1, -0.05) is 0 Å². The number of aryl methyl sites for hydroxylation is 1. The number of nitrogens with zero attached hydrogens (tertiary/aromatic N) is 6. The topological polar surface area (TPSA) is 77.7 Å². The number of hydrogen-bond donors (Lipinski definition) is 0. The van der Waals surface area contributed by atoms with Gasteiger partial charge in [-0.15, -0.1) is 0 Å². The van der Waals surface area contributed by atoms with E-state index in [2.05, 4.69) is 20.0 Å². The van der Waals surface area contributed by atoms with Crippen molar-refractivity contribution in [3.63, 3.8) is 0 Å². The van der Waals surface area contributed by atoms with Gasteiger partial charge in [-0.3, -0.25) is 0 Å². The monoisotopic (exact) mass is 366 g/mol. The van der Waals surface area contributed by atoms with Gasteiger partial charge < -0.3 is 14.4 Å². The minimum atomic E-state index is 0.307. The van der Waals surface area contributed by atoms with Crippen LogP contribution in [0.3, 0.4) is 0 Å². The summed E-state index contributed by atoms with van der Waals surface area (Å²) in [6.07, 6.45) is 5.45. The second kappa shape index (κ2) is 6.45. The van der Waals surface area contributed by atoms with Gasteiger partial charge in [-0.25, -0.2) is 19.5 Å². The largest absolute Gasteiger partial charge is 0.481 e. The summed E-state index contributed by atoms with van der Waals surface area (Å²) in [6, 6.07) is 2.03. The number of fused-ring (bicyclic) bond motifs is 2. The van der Waals surface area contributed by atoms with Crippen molar-refractivity contribution in [3.05, 3.63) is 41.2 Å². The molecule has 0 aliphatic carbocycles. The van der Waals surface area contributed by atoms with E-state index in [4.69, 9.17) is 14.5 Å². The van der Waals surface area contributed by atoms with Crippen molar-refractivity contribution in [2.45, 2.75) is 32.2 Å². The van der Waals surface area contributed by atoms with E-state index in [1.807, 2.05) is 23.7 Å². The van der Waals surface area contributed by atoms with E-state index in [9.17, 15) is 0 Å². The molecule has 1 atom stereocenters. The summed E-state index contributed by atoms with van der Waals surface area (Å²) >= 11 is 0. The van der Waals surface area contributed by atoms with Crippen LogP contribution < -0.4 is 9.64 Å². The molecule has 1 saturated heterocycles. The summed E-state index contributed by atoms with van der Waals surface area (Å²) in [5.41, 5.74) is 4.56. The molecule has 0 N–H and O–H groups in total. The Morgan fingerprint density at radius 1 is 1.26 bits per heavy atom. The van der Waals surface area contributed by atoms with Gasteiger partial charge in [-0.2, -0.15) is 5.10 Å². The number of anilines is 1. The average molecular weight is 366 g/mol. The SMILES string of the molecule is COc1cc2c(cn1)CN(c1ncnn3c(C)nc(C4CCOC4)c13)CC2. The van der Waals surface area contributed by atoms with Crippen molar-refractivity contribution in [2.24, 2.45) is 0 Å².